The number of nitrogens with zero attached hydrogens (tertiary/aromatic N) is 2. The average molecular weight is 341 g/mol. The molecule has 1 atom stereocenters. The molecule has 0 spiro atoms. The van der Waals surface area contributed by atoms with Crippen LogP contribution in [0.1, 0.15) is 29.8 Å². The molecule has 1 aromatic heterocycles. The molecule has 2 aromatic rings. The Morgan fingerprint density at radius 2 is 1.92 bits per heavy atom. The van der Waals surface area contributed by atoms with Gasteiger partial charge in [-0.05, 0) is 31.4 Å². The number of furan rings is 1. The summed E-state index contributed by atoms with van der Waals surface area (Å²) in [6, 6.07) is 9.40. The molecule has 2 aliphatic rings. The number of hydrogen-bond acceptors (Lipinski definition) is 4. The number of piperazine rings is 1. The Balaban J connectivity index is 1.41. The Hall–Kier alpha value is -2.34. The Kier molecular flexibility index (Phi) is 4.44. The van der Waals surface area contributed by atoms with Crippen LogP contribution in [0.4, 0.5) is 0 Å². The number of amides is 2. The van der Waals surface area contributed by atoms with Gasteiger partial charge in [0.25, 0.3) is 5.91 Å². The number of benzene rings is 1. The Morgan fingerprint density at radius 1 is 1.12 bits per heavy atom. The fourth-order valence-corrected chi connectivity index (χ4v) is 3.75. The lowest BCUT2D eigenvalue weighted by Gasteiger charge is -2.37. The molecule has 6 nitrogen and oxygen atoms in total. The van der Waals surface area contributed by atoms with E-state index in [1.165, 1.54) is 0 Å². The molecule has 3 heterocycles. The van der Waals surface area contributed by atoms with E-state index in [0.717, 1.165) is 49.9 Å². The first-order chi connectivity index (χ1) is 12.2. The SMILES string of the molecule is O=C1NCCCCC1N1CCN(C(=O)c2cc3ccccc3o2)CC1. The largest absolute Gasteiger partial charge is 0.451 e. The Labute approximate surface area is 146 Å². The van der Waals surface area contributed by atoms with Crippen LogP contribution in [0.3, 0.4) is 0 Å². The van der Waals surface area contributed by atoms with E-state index in [4.69, 9.17) is 4.42 Å². The highest BCUT2D eigenvalue weighted by Crippen LogP contribution is 2.21. The van der Waals surface area contributed by atoms with Crippen LogP contribution >= 0.6 is 0 Å². The lowest BCUT2D eigenvalue weighted by Crippen LogP contribution is -2.55. The number of carbonyl (C=O) groups is 2. The molecule has 2 saturated heterocycles. The quantitative estimate of drug-likeness (QED) is 0.905. The second kappa shape index (κ2) is 6.88. The molecular weight excluding hydrogens is 318 g/mol. The van der Waals surface area contributed by atoms with Gasteiger partial charge in [0, 0.05) is 38.1 Å². The van der Waals surface area contributed by atoms with Crippen molar-refractivity contribution in [2.24, 2.45) is 0 Å². The van der Waals surface area contributed by atoms with Crippen molar-refractivity contribution < 1.29 is 14.0 Å². The number of fused-ring (bicyclic) bond motifs is 1. The molecule has 0 radical (unpaired) electrons. The van der Waals surface area contributed by atoms with E-state index in [1.807, 2.05) is 35.2 Å². The van der Waals surface area contributed by atoms with Gasteiger partial charge in [0.15, 0.2) is 5.76 Å². The van der Waals surface area contributed by atoms with Gasteiger partial charge in [-0.25, -0.2) is 0 Å². The number of nitrogens with one attached hydrogen (secondary N) is 1. The molecule has 1 N–H and O–H groups in total. The fraction of sp³-hybridized carbons (Fsp3) is 0.474. The van der Waals surface area contributed by atoms with Gasteiger partial charge in [0.05, 0.1) is 6.04 Å². The lowest BCUT2D eigenvalue weighted by atomic mass is 10.1. The van der Waals surface area contributed by atoms with Crippen molar-refractivity contribution in [3.63, 3.8) is 0 Å². The van der Waals surface area contributed by atoms with Gasteiger partial charge in [0.2, 0.25) is 5.91 Å². The van der Waals surface area contributed by atoms with E-state index in [2.05, 4.69) is 10.2 Å². The summed E-state index contributed by atoms with van der Waals surface area (Å²) >= 11 is 0. The first kappa shape index (κ1) is 16.1. The zero-order chi connectivity index (χ0) is 17.2. The van der Waals surface area contributed by atoms with Crippen molar-refractivity contribution in [1.29, 1.82) is 0 Å². The van der Waals surface area contributed by atoms with Crippen LogP contribution in [0.25, 0.3) is 11.0 Å². The van der Waals surface area contributed by atoms with E-state index in [1.54, 1.807) is 0 Å². The minimum Gasteiger partial charge on any atom is -0.451 e. The van der Waals surface area contributed by atoms with Crippen molar-refractivity contribution in [2.75, 3.05) is 32.7 Å². The van der Waals surface area contributed by atoms with E-state index in [9.17, 15) is 9.59 Å². The van der Waals surface area contributed by atoms with Gasteiger partial charge in [-0.15, -0.1) is 0 Å². The summed E-state index contributed by atoms with van der Waals surface area (Å²) in [6.45, 7) is 3.48. The molecule has 0 bridgehead atoms. The Morgan fingerprint density at radius 3 is 2.72 bits per heavy atom. The molecule has 6 heteroatoms. The third-order valence-corrected chi connectivity index (χ3v) is 5.18. The summed E-state index contributed by atoms with van der Waals surface area (Å²) in [5, 5.41) is 3.93. The molecular formula is C19H23N3O3. The second-order valence-electron chi connectivity index (χ2n) is 6.78. The van der Waals surface area contributed by atoms with Crippen molar-refractivity contribution in [1.82, 2.24) is 15.1 Å². The first-order valence-electron chi connectivity index (χ1n) is 9.02. The van der Waals surface area contributed by atoms with Gasteiger partial charge >= 0.3 is 0 Å². The summed E-state index contributed by atoms with van der Waals surface area (Å²) in [7, 11) is 0. The predicted molar refractivity (Wildman–Crippen MR) is 94.3 cm³/mol. The number of para-hydroxylation sites is 1. The van der Waals surface area contributed by atoms with E-state index in [-0.39, 0.29) is 17.9 Å². The van der Waals surface area contributed by atoms with E-state index >= 15 is 0 Å². The van der Waals surface area contributed by atoms with E-state index < -0.39 is 0 Å². The minimum atomic E-state index is -0.0684. The minimum absolute atomic E-state index is 0.0500. The van der Waals surface area contributed by atoms with E-state index in [0.29, 0.717) is 18.8 Å². The highest BCUT2D eigenvalue weighted by molar-refractivity contribution is 5.96. The summed E-state index contributed by atoms with van der Waals surface area (Å²) in [6.07, 6.45) is 3.03. The molecule has 1 unspecified atom stereocenters. The molecule has 1 aromatic carbocycles. The first-order valence-corrected chi connectivity index (χ1v) is 9.02. The van der Waals surface area contributed by atoms with Crippen molar-refractivity contribution in [3.8, 4) is 0 Å². The average Bonchev–Trinajstić information content (AvgIpc) is 2.97. The molecule has 4 rings (SSSR count). The third-order valence-electron chi connectivity index (χ3n) is 5.18. The number of hydrogen-bond donors (Lipinski definition) is 1. The summed E-state index contributed by atoms with van der Waals surface area (Å²) in [4.78, 5) is 28.9. The normalized spacial score (nSPS) is 22.6. The van der Waals surface area contributed by atoms with Crippen molar-refractivity contribution in [3.05, 3.63) is 36.1 Å². The number of carbonyl (C=O) groups excluding carboxylic acids is 2. The van der Waals surface area contributed by atoms with Gasteiger partial charge in [0.1, 0.15) is 5.58 Å². The summed E-state index contributed by atoms with van der Waals surface area (Å²) in [5.74, 6) is 0.456. The lowest BCUT2D eigenvalue weighted by molar-refractivity contribution is -0.126. The highest BCUT2D eigenvalue weighted by atomic mass is 16.3. The maximum Gasteiger partial charge on any atom is 0.289 e. The van der Waals surface area contributed by atoms with Crippen molar-refractivity contribution in [2.45, 2.75) is 25.3 Å². The molecule has 0 aliphatic carbocycles. The summed E-state index contributed by atoms with van der Waals surface area (Å²) in [5.41, 5.74) is 0.736. The zero-order valence-corrected chi connectivity index (χ0v) is 14.2. The van der Waals surface area contributed by atoms with Crippen LogP contribution < -0.4 is 5.32 Å². The smallest absolute Gasteiger partial charge is 0.289 e. The van der Waals surface area contributed by atoms with Crippen LogP contribution in [-0.2, 0) is 4.79 Å². The molecule has 0 saturated carbocycles. The topological polar surface area (TPSA) is 65.8 Å². The van der Waals surface area contributed by atoms with Crippen LogP contribution in [0.15, 0.2) is 34.7 Å². The molecule has 2 amide bonds. The molecule has 2 fully saturated rings. The predicted octanol–water partition coefficient (Wildman–Crippen LogP) is 1.86. The number of rotatable bonds is 2. The van der Waals surface area contributed by atoms with Crippen LogP contribution in [0, 0.1) is 0 Å². The van der Waals surface area contributed by atoms with Crippen LogP contribution in [-0.4, -0.2) is 60.4 Å². The maximum absolute atomic E-state index is 12.7. The Bertz CT molecular complexity index is 744. The monoisotopic (exact) mass is 341 g/mol. The zero-order valence-electron chi connectivity index (χ0n) is 14.2. The third kappa shape index (κ3) is 3.26. The highest BCUT2D eigenvalue weighted by Gasteiger charge is 2.31. The standard InChI is InChI=1S/C19H23N3O3/c23-18-15(6-3-4-8-20-18)21-9-11-22(12-10-21)19(24)17-13-14-5-1-2-7-16(14)25-17/h1-2,5,7,13,15H,3-4,6,8-12H2,(H,20,23). The molecule has 2 aliphatic heterocycles. The molecule has 132 valence electrons. The second-order valence-corrected chi connectivity index (χ2v) is 6.78. The fourth-order valence-electron chi connectivity index (χ4n) is 3.75. The van der Waals surface area contributed by atoms with Gasteiger partial charge in [-0.1, -0.05) is 18.2 Å². The molecule has 25 heavy (non-hydrogen) atoms. The summed E-state index contributed by atoms with van der Waals surface area (Å²) < 4.78 is 5.69. The van der Waals surface area contributed by atoms with Gasteiger partial charge in [-0.3, -0.25) is 14.5 Å². The van der Waals surface area contributed by atoms with Gasteiger partial charge in [-0.2, -0.15) is 0 Å². The van der Waals surface area contributed by atoms with Crippen molar-refractivity contribution >= 4 is 22.8 Å². The van der Waals surface area contributed by atoms with Crippen LogP contribution in [0.5, 0.6) is 0 Å². The van der Waals surface area contributed by atoms with Gasteiger partial charge < -0.3 is 14.6 Å². The maximum atomic E-state index is 12.7. The van der Waals surface area contributed by atoms with Crippen LogP contribution in [0.2, 0.25) is 0 Å².